The molecule has 9 heteroatoms. The average molecular weight is 277 g/mol. The topological polar surface area (TPSA) is 124 Å². The highest BCUT2D eigenvalue weighted by Gasteiger charge is 2.15. The highest BCUT2D eigenvalue weighted by molar-refractivity contribution is 6.03. The maximum Gasteiger partial charge on any atom is 0.276 e. The molecule has 0 saturated carbocycles. The van der Waals surface area contributed by atoms with Gasteiger partial charge in [0.1, 0.15) is 17.3 Å². The van der Waals surface area contributed by atoms with Crippen molar-refractivity contribution >= 4 is 23.1 Å². The Morgan fingerprint density at radius 2 is 2.15 bits per heavy atom. The number of hydrogen-bond donors (Lipinski definition) is 2. The number of nitrogens with one attached hydrogen (secondary N) is 1. The zero-order valence-corrected chi connectivity index (χ0v) is 9.91. The number of carbonyl (C=O) groups is 1. The Morgan fingerprint density at radius 3 is 2.80 bits per heavy atom. The number of anilines is 2. The molecule has 20 heavy (non-hydrogen) atoms. The number of aromatic nitrogens is 2. The summed E-state index contributed by atoms with van der Waals surface area (Å²) >= 11 is 0. The number of nitro benzene ring substituents is 1. The summed E-state index contributed by atoms with van der Waals surface area (Å²) in [4.78, 5) is 29.1. The van der Waals surface area contributed by atoms with Gasteiger partial charge in [0, 0.05) is 12.1 Å². The molecule has 0 fully saturated rings. The standard InChI is InChI=1S/C11H8FN5O3/c12-7-2-1-6(17(19)20)3-8(7)16-11(18)9-4-14-5-10(13)15-9/h1-5H,(H2,13,15)(H,16,18). The van der Waals surface area contributed by atoms with Crippen LogP contribution in [0.25, 0.3) is 0 Å². The normalized spacial score (nSPS) is 10.1. The van der Waals surface area contributed by atoms with Crippen molar-refractivity contribution in [1.29, 1.82) is 0 Å². The van der Waals surface area contributed by atoms with E-state index in [4.69, 9.17) is 5.73 Å². The molecular weight excluding hydrogens is 269 g/mol. The van der Waals surface area contributed by atoms with Crippen LogP contribution in [0.2, 0.25) is 0 Å². The second-order valence-corrected chi connectivity index (χ2v) is 3.70. The number of non-ortho nitro benzene ring substituents is 1. The molecule has 0 unspecified atom stereocenters. The molecule has 1 heterocycles. The van der Waals surface area contributed by atoms with Crippen molar-refractivity contribution in [2.24, 2.45) is 0 Å². The molecule has 1 amide bonds. The third-order valence-electron chi connectivity index (χ3n) is 2.29. The number of nitrogens with two attached hydrogens (primary N) is 1. The van der Waals surface area contributed by atoms with Gasteiger partial charge in [-0.05, 0) is 6.07 Å². The molecule has 0 spiro atoms. The Bertz CT molecular complexity index is 692. The lowest BCUT2D eigenvalue weighted by Gasteiger charge is -2.05. The molecule has 0 aliphatic heterocycles. The first kappa shape index (κ1) is 13.3. The lowest BCUT2D eigenvalue weighted by Crippen LogP contribution is -2.15. The molecule has 0 saturated heterocycles. The van der Waals surface area contributed by atoms with E-state index in [0.717, 1.165) is 24.4 Å². The van der Waals surface area contributed by atoms with Crippen molar-refractivity contribution in [3.05, 3.63) is 52.2 Å². The monoisotopic (exact) mass is 277 g/mol. The van der Waals surface area contributed by atoms with E-state index in [1.54, 1.807) is 0 Å². The Labute approximate surface area is 111 Å². The van der Waals surface area contributed by atoms with Crippen LogP contribution in [0.3, 0.4) is 0 Å². The smallest absolute Gasteiger partial charge is 0.276 e. The molecule has 0 aliphatic carbocycles. The Balaban J connectivity index is 2.27. The Kier molecular flexibility index (Phi) is 3.51. The quantitative estimate of drug-likeness (QED) is 0.644. The van der Waals surface area contributed by atoms with Crippen molar-refractivity contribution in [2.75, 3.05) is 11.1 Å². The summed E-state index contributed by atoms with van der Waals surface area (Å²) in [7, 11) is 0. The zero-order chi connectivity index (χ0) is 14.7. The highest BCUT2D eigenvalue weighted by Crippen LogP contribution is 2.21. The van der Waals surface area contributed by atoms with Crippen LogP contribution in [0, 0.1) is 15.9 Å². The zero-order valence-electron chi connectivity index (χ0n) is 9.91. The minimum absolute atomic E-state index is 0.0252. The summed E-state index contributed by atoms with van der Waals surface area (Å²) in [5.74, 6) is -1.55. The lowest BCUT2D eigenvalue weighted by molar-refractivity contribution is -0.384. The van der Waals surface area contributed by atoms with E-state index in [1.165, 1.54) is 6.20 Å². The molecule has 0 atom stereocenters. The average Bonchev–Trinajstić information content (AvgIpc) is 2.41. The number of benzene rings is 1. The van der Waals surface area contributed by atoms with E-state index in [2.05, 4.69) is 15.3 Å². The molecular formula is C11H8FN5O3. The predicted molar refractivity (Wildman–Crippen MR) is 67.5 cm³/mol. The van der Waals surface area contributed by atoms with Gasteiger partial charge in [-0.1, -0.05) is 0 Å². The van der Waals surface area contributed by atoms with E-state index in [9.17, 15) is 19.3 Å². The molecule has 0 bridgehead atoms. The molecule has 8 nitrogen and oxygen atoms in total. The lowest BCUT2D eigenvalue weighted by atomic mass is 10.2. The Hall–Kier alpha value is -3.10. The van der Waals surface area contributed by atoms with Gasteiger partial charge in [0.15, 0.2) is 0 Å². The second-order valence-electron chi connectivity index (χ2n) is 3.70. The van der Waals surface area contributed by atoms with Crippen LogP contribution in [0.4, 0.5) is 21.6 Å². The minimum atomic E-state index is -0.805. The van der Waals surface area contributed by atoms with Gasteiger partial charge in [-0.2, -0.15) is 0 Å². The van der Waals surface area contributed by atoms with Gasteiger partial charge in [-0.15, -0.1) is 0 Å². The van der Waals surface area contributed by atoms with E-state index < -0.39 is 16.6 Å². The van der Waals surface area contributed by atoms with Crippen LogP contribution in [-0.4, -0.2) is 20.8 Å². The maximum atomic E-state index is 13.5. The fourth-order valence-electron chi connectivity index (χ4n) is 1.40. The molecule has 0 radical (unpaired) electrons. The van der Waals surface area contributed by atoms with Crippen molar-refractivity contribution < 1.29 is 14.1 Å². The third-order valence-corrected chi connectivity index (χ3v) is 2.29. The van der Waals surface area contributed by atoms with Crippen molar-refractivity contribution in [2.45, 2.75) is 0 Å². The number of amides is 1. The number of nitrogens with zero attached hydrogens (tertiary/aromatic N) is 3. The van der Waals surface area contributed by atoms with Gasteiger partial charge in [0.05, 0.1) is 23.0 Å². The van der Waals surface area contributed by atoms with Crippen LogP contribution < -0.4 is 11.1 Å². The summed E-state index contributed by atoms with van der Waals surface area (Å²) in [6.07, 6.45) is 2.38. The van der Waals surface area contributed by atoms with Gasteiger partial charge in [-0.3, -0.25) is 19.9 Å². The number of nitrogen functional groups attached to an aromatic ring is 1. The van der Waals surface area contributed by atoms with Crippen LogP contribution in [-0.2, 0) is 0 Å². The van der Waals surface area contributed by atoms with Crippen LogP contribution in [0.5, 0.6) is 0 Å². The molecule has 0 aliphatic rings. The SMILES string of the molecule is Nc1cncc(C(=O)Nc2cc([N+](=O)[O-])ccc2F)n1. The van der Waals surface area contributed by atoms with E-state index in [1.807, 2.05) is 0 Å². The predicted octanol–water partition coefficient (Wildman–Crippen LogP) is 1.36. The van der Waals surface area contributed by atoms with Gasteiger partial charge >= 0.3 is 0 Å². The number of nitro groups is 1. The van der Waals surface area contributed by atoms with Crippen molar-refractivity contribution in [1.82, 2.24) is 9.97 Å². The first-order chi connectivity index (χ1) is 9.47. The fourth-order valence-corrected chi connectivity index (χ4v) is 1.40. The molecule has 3 N–H and O–H groups in total. The molecule has 2 aromatic rings. The minimum Gasteiger partial charge on any atom is -0.382 e. The first-order valence-electron chi connectivity index (χ1n) is 5.30. The Morgan fingerprint density at radius 1 is 1.40 bits per heavy atom. The number of hydrogen-bond acceptors (Lipinski definition) is 6. The van der Waals surface area contributed by atoms with Gasteiger partial charge < -0.3 is 11.1 Å². The van der Waals surface area contributed by atoms with E-state index in [0.29, 0.717) is 0 Å². The first-order valence-corrected chi connectivity index (χ1v) is 5.30. The highest BCUT2D eigenvalue weighted by atomic mass is 19.1. The fraction of sp³-hybridized carbons (Fsp3) is 0. The van der Waals surface area contributed by atoms with Gasteiger partial charge in [0.2, 0.25) is 0 Å². The summed E-state index contributed by atoms with van der Waals surface area (Å²) < 4.78 is 13.5. The van der Waals surface area contributed by atoms with Crippen LogP contribution in [0.1, 0.15) is 10.5 Å². The third kappa shape index (κ3) is 2.83. The summed E-state index contributed by atoms with van der Waals surface area (Å²) in [6.45, 7) is 0. The van der Waals surface area contributed by atoms with E-state index >= 15 is 0 Å². The summed E-state index contributed by atoms with van der Waals surface area (Å²) in [5.41, 5.74) is 4.57. The van der Waals surface area contributed by atoms with Crippen LogP contribution in [0.15, 0.2) is 30.6 Å². The number of halogens is 1. The molecule has 1 aromatic carbocycles. The van der Waals surface area contributed by atoms with E-state index in [-0.39, 0.29) is 22.9 Å². The second kappa shape index (κ2) is 5.26. The number of carbonyl (C=O) groups excluding carboxylic acids is 1. The van der Waals surface area contributed by atoms with Crippen molar-refractivity contribution in [3.8, 4) is 0 Å². The number of rotatable bonds is 3. The van der Waals surface area contributed by atoms with Gasteiger partial charge in [-0.25, -0.2) is 9.37 Å². The summed E-state index contributed by atoms with van der Waals surface area (Å²) in [5, 5.41) is 12.8. The largest absolute Gasteiger partial charge is 0.382 e. The molecule has 1 aromatic heterocycles. The van der Waals surface area contributed by atoms with Crippen LogP contribution >= 0.6 is 0 Å². The van der Waals surface area contributed by atoms with Gasteiger partial charge in [0.25, 0.3) is 11.6 Å². The maximum absolute atomic E-state index is 13.5. The van der Waals surface area contributed by atoms with Crippen molar-refractivity contribution in [3.63, 3.8) is 0 Å². The summed E-state index contributed by atoms with van der Waals surface area (Å²) in [6, 6.07) is 2.79. The molecule has 102 valence electrons. The molecule has 2 rings (SSSR count).